The molecule has 0 bridgehead atoms. The summed E-state index contributed by atoms with van der Waals surface area (Å²) >= 11 is 0. The van der Waals surface area contributed by atoms with Gasteiger partial charge in [0, 0.05) is 55.4 Å². The fraction of sp³-hybridized carbons (Fsp3) is 0.320. The topological polar surface area (TPSA) is 104 Å². The number of pyridine rings is 1. The number of hydrogen-bond acceptors (Lipinski definition) is 8. The summed E-state index contributed by atoms with van der Waals surface area (Å²) in [4.78, 5) is 27.7. The van der Waals surface area contributed by atoms with Crippen molar-refractivity contribution in [3.8, 4) is 17.3 Å². The number of aromatic nitrogens is 3. The average Bonchev–Trinajstić information content (AvgIpc) is 3.21. The maximum Gasteiger partial charge on any atom is 0.338 e. The Balaban J connectivity index is 1.28. The Morgan fingerprint density at radius 1 is 1.21 bits per heavy atom. The molecule has 2 aliphatic rings. The van der Waals surface area contributed by atoms with E-state index in [1.807, 2.05) is 25.1 Å². The number of benzene rings is 1. The van der Waals surface area contributed by atoms with E-state index in [1.54, 1.807) is 18.6 Å². The van der Waals surface area contributed by atoms with Gasteiger partial charge in [-0.1, -0.05) is 6.07 Å². The maximum absolute atomic E-state index is 11.8. The Labute approximate surface area is 192 Å². The van der Waals surface area contributed by atoms with Crippen molar-refractivity contribution < 1.29 is 9.53 Å². The second-order valence-corrected chi connectivity index (χ2v) is 8.51. The summed E-state index contributed by atoms with van der Waals surface area (Å²) in [7, 11) is 0. The molecule has 0 amide bonds. The molecule has 2 aliphatic heterocycles. The van der Waals surface area contributed by atoms with Crippen LogP contribution in [-0.4, -0.2) is 45.5 Å². The molecule has 1 atom stereocenters. The van der Waals surface area contributed by atoms with E-state index in [0.29, 0.717) is 24.3 Å². The normalized spacial score (nSPS) is 18.0. The molecule has 2 aromatic heterocycles. The Kier molecular flexibility index (Phi) is 5.58. The third-order valence-corrected chi connectivity index (χ3v) is 6.44. The lowest BCUT2D eigenvalue weighted by Gasteiger charge is -2.34. The molecule has 3 aromatic rings. The van der Waals surface area contributed by atoms with E-state index in [1.165, 1.54) is 5.56 Å². The van der Waals surface area contributed by atoms with E-state index in [0.717, 1.165) is 53.4 Å². The molecule has 8 nitrogen and oxygen atoms in total. The van der Waals surface area contributed by atoms with Crippen molar-refractivity contribution in [2.24, 2.45) is 0 Å². The summed E-state index contributed by atoms with van der Waals surface area (Å²) in [5, 5.41) is 12.7. The fourth-order valence-corrected chi connectivity index (χ4v) is 4.51. The number of carbonyl (C=O) groups excluding carboxylic acids is 1. The monoisotopic (exact) mass is 440 g/mol. The van der Waals surface area contributed by atoms with Crippen molar-refractivity contribution >= 4 is 5.97 Å². The van der Waals surface area contributed by atoms with Gasteiger partial charge >= 0.3 is 5.97 Å². The van der Waals surface area contributed by atoms with Crippen molar-refractivity contribution in [1.82, 2.24) is 25.2 Å². The van der Waals surface area contributed by atoms with Gasteiger partial charge in [0.05, 0.1) is 23.4 Å². The van der Waals surface area contributed by atoms with Gasteiger partial charge in [-0.05, 0) is 42.7 Å². The third kappa shape index (κ3) is 4.09. The highest BCUT2D eigenvalue weighted by molar-refractivity contribution is 5.94. The highest BCUT2D eigenvalue weighted by Gasteiger charge is 2.28. The molecule has 1 saturated heterocycles. The minimum absolute atomic E-state index is 0.171. The van der Waals surface area contributed by atoms with Gasteiger partial charge in [-0.2, -0.15) is 5.26 Å². The first-order valence-electron chi connectivity index (χ1n) is 11.0. The molecular weight excluding hydrogens is 416 g/mol. The van der Waals surface area contributed by atoms with Gasteiger partial charge in [0.25, 0.3) is 0 Å². The van der Waals surface area contributed by atoms with Crippen molar-refractivity contribution in [3.05, 3.63) is 76.0 Å². The molecule has 4 heterocycles. The Hall–Kier alpha value is -3.67. The Morgan fingerprint density at radius 3 is 2.79 bits per heavy atom. The number of nitrogens with one attached hydrogen (secondary N) is 1. The van der Waals surface area contributed by atoms with Gasteiger partial charge in [0.15, 0.2) is 0 Å². The zero-order chi connectivity index (χ0) is 22.9. The molecule has 1 N–H and O–H groups in total. The van der Waals surface area contributed by atoms with Crippen LogP contribution in [0.4, 0.5) is 0 Å². The first-order valence-corrected chi connectivity index (χ1v) is 11.0. The summed E-state index contributed by atoms with van der Waals surface area (Å²) in [5.74, 6) is 0.527. The minimum atomic E-state index is -0.232. The third-order valence-electron chi connectivity index (χ3n) is 6.44. The van der Waals surface area contributed by atoms with Crippen LogP contribution in [0.1, 0.15) is 50.0 Å². The zero-order valence-corrected chi connectivity index (χ0v) is 18.6. The molecule has 5 rings (SSSR count). The van der Waals surface area contributed by atoms with E-state index in [9.17, 15) is 4.79 Å². The molecule has 33 heavy (non-hydrogen) atoms. The molecule has 166 valence electrons. The molecule has 8 heteroatoms. The number of ether oxygens (including phenoxy) is 1. The van der Waals surface area contributed by atoms with Gasteiger partial charge in [0.2, 0.25) is 0 Å². The van der Waals surface area contributed by atoms with Crippen LogP contribution in [0.15, 0.2) is 36.8 Å². The Morgan fingerprint density at radius 2 is 2.03 bits per heavy atom. The van der Waals surface area contributed by atoms with Gasteiger partial charge in [0.1, 0.15) is 18.5 Å². The minimum Gasteiger partial charge on any atom is -0.457 e. The van der Waals surface area contributed by atoms with Crippen LogP contribution in [-0.2, 0) is 17.9 Å². The first-order chi connectivity index (χ1) is 16.0. The van der Waals surface area contributed by atoms with Crippen LogP contribution in [0.5, 0.6) is 0 Å². The van der Waals surface area contributed by atoms with Crippen LogP contribution in [0.25, 0.3) is 11.3 Å². The number of nitrogens with zero attached hydrogens (tertiary/aromatic N) is 5. The van der Waals surface area contributed by atoms with Crippen LogP contribution in [0.2, 0.25) is 0 Å². The lowest BCUT2D eigenvalue weighted by atomic mass is 9.93. The van der Waals surface area contributed by atoms with Crippen LogP contribution < -0.4 is 5.32 Å². The molecule has 0 radical (unpaired) electrons. The van der Waals surface area contributed by atoms with E-state index in [-0.39, 0.29) is 12.0 Å². The highest BCUT2D eigenvalue weighted by Crippen LogP contribution is 2.30. The number of esters is 1. The summed E-state index contributed by atoms with van der Waals surface area (Å²) in [6, 6.07) is 8.12. The van der Waals surface area contributed by atoms with E-state index < -0.39 is 0 Å². The number of fused-ring (bicyclic) bond motifs is 1. The predicted molar refractivity (Wildman–Crippen MR) is 121 cm³/mol. The number of piperazine rings is 1. The van der Waals surface area contributed by atoms with E-state index >= 15 is 0 Å². The maximum atomic E-state index is 11.8. The Bertz CT molecular complexity index is 1270. The largest absolute Gasteiger partial charge is 0.457 e. The lowest BCUT2D eigenvalue weighted by molar-refractivity contribution is 0.0535. The molecule has 0 unspecified atom stereocenters. The molecule has 1 aromatic carbocycles. The fourth-order valence-electron chi connectivity index (χ4n) is 4.51. The quantitative estimate of drug-likeness (QED) is 0.618. The summed E-state index contributed by atoms with van der Waals surface area (Å²) in [6.07, 6.45) is 5.16. The number of cyclic esters (lactones) is 1. The van der Waals surface area contributed by atoms with Gasteiger partial charge < -0.3 is 10.1 Å². The lowest BCUT2D eigenvalue weighted by Crippen LogP contribution is -2.45. The molecule has 1 fully saturated rings. The predicted octanol–water partition coefficient (Wildman–Crippen LogP) is 2.84. The molecule has 0 aliphatic carbocycles. The van der Waals surface area contributed by atoms with E-state index in [2.05, 4.69) is 38.2 Å². The number of aryl methyl sites for hydroxylation is 1. The first kappa shape index (κ1) is 21.2. The zero-order valence-electron chi connectivity index (χ0n) is 18.6. The molecule has 0 saturated carbocycles. The smallest absolute Gasteiger partial charge is 0.338 e. The van der Waals surface area contributed by atoms with Crippen LogP contribution >= 0.6 is 0 Å². The van der Waals surface area contributed by atoms with Gasteiger partial charge in [-0.25, -0.2) is 14.8 Å². The average molecular weight is 441 g/mol. The van der Waals surface area contributed by atoms with Gasteiger partial charge in [-0.15, -0.1) is 0 Å². The second-order valence-electron chi connectivity index (χ2n) is 8.51. The number of rotatable bonds is 4. The number of hydrogen-bond donors (Lipinski definition) is 1. The van der Waals surface area contributed by atoms with Crippen molar-refractivity contribution in [2.45, 2.75) is 33.0 Å². The van der Waals surface area contributed by atoms with Crippen LogP contribution in [0, 0.1) is 25.2 Å². The van der Waals surface area contributed by atoms with Crippen LogP contribution in [0.3, 0.4) is 0 Å². The second kappa shape index (κ2) is 8.70. The van der Waals surface area contributed by atoms with E-state index in [4.69, 9.17) is 10.00 Å². The summed E-state index contributed by atoms with van der Waals surface area (Å²) in [6.45, 7) is 7.58. The van der Waals surface area contributed by atoms with Crippen molar-refractivity contribution in [3.63, 3.8) is 0 Å². The number of carbonyl (C=O) groups is 1. The van der Waals surface area contributed by atoms with Gasteiger partial charge in [-0.3, -0.25) is 9.88 Å². The summed E-state index contributed by atoms with van der Waals surface area (Å²) < 4.78 is 5.20. The van der Waals surface area contributed by atoms with Crippen molar-refractivity contribution in [2.75, 3.05) is 19.6 Å². The molecular formula is C25H24N6O2. The van der Waals surface area contributed by atoms with Crippen molar-refractivity contribution in [1.29, 1.82) is 5.26 Å². The number of nitriles is 1. The highest BCUT2D eigenvalue weighted by atomic mass is 16.5. The molecule has 0 spiro atoms. The summed E-state index contributed by atoms with van der Waals surface area (Å²) in [5.41, 5.74) is 7.06. The SMILES string of the molecule is Cc1cc(-c2cnc(CN3CCN[C@H](c4ccc5c(c4C)COC5=O)C3)nc2)ncc1C#N. The standard InChI is InChI=1S/C25H24N6O2/c1-15-7-22(28-9-17(15)8-26)18-10-29-24(30-11-18)13-31-6-5-27-23(12-31)19-3-4-20-21(16(19)2)14-33-25(20)32/h3-4,7,9-11,23,27H,5-6,12-14H2,1-2H3/t23-/m0/s1.